The number of methoxy groups -OCH3 is 1. The van der Waals surface area contributed by atoms with Crippen molar-refractivity contribution in [2.45, 2.75) is 13.5 Å². The molecule has 0 spiro atoms. The molecule has 6 nitrogen and oxygen atoms in total. The molecular formula is C23H23N3O3. The van der Waals surface area contributed by atoms with Crippen molar-refractivity contribution in [2.75, 3.05) is 33.4 Å². The Kier molecular flexibility index (Phi) is 5.24. The third kappa shape index (κ3) is 3.34. The predicted molar refractivity (Wildman–Crippen MR) is 111 cm³/mol. The Labute approximate surface area is 169 Å². The molecule has 0 bridgehead atoms. The second-order valence-corrected chi connectivity index (χ2v) is 6.94. The second kappa shape index (κ2) is 7.98. The Bertz CT molecular complexity index is 1090. The average molecular weight is 389 g/mol. The number of morpholine rings is 1. The van der Waals surface area contributed by atoms with Gasteiger partial charge in [0, 0.05) is 36.7 Å². The van der Waals surface area contributed by atoms with Crippen LogP contribution in [0, 0.1) is 11.3 Å². The van der Waals surface area contributed by atoms with Gasteiger partial charge in [0.1, 0.15) is 11.8 Å². The molecule has 1 aliphatic heterocycles. The highest BCUT2D eigenvalue weighted by Crippen LogP contribution is 2.35. The third-order valence-electron chi connectivity index (χ3n) is 5.40. The van der Waals surface area contributed by atoms with E-state index >= 15 is 0 Å². The van der Waals surface area contributed by atoms with Crippen LogP contribution in [0.15, 0.2) is 42.5 Å². The molecule has 1 fully saturated rings. The van der Waals surface area contributed by atoms with Gasteiger partial charge in [-0.05, 0) is 36.8 Å². The number of nitrogens with zero attached hydrogens (tertiary/aromatic N) is 3. The van der Waals surface area contributed by atoms with Crippen molar-refractivity contribution in [3.05, 3.63) is 53.6 Å². The van der Waals surface area contributed by atoms with Crippen LogP contribution >= 0.6 is 0 Å². The van der Waals surface area contributed by atoms with E-state index in [-0.39, 0.29) is 5.91 Å². The summed E-state index contributed by atoms with van der Waals surface area (Å²) in [7, 11) is 1.64. The quantitative estimate of drug-likeness (QED) is 0.683. The Balaban J connectivity index is 1.76. The first-order valence-electron chi connectivity index (χ1n) is 9.75. The lowest BCUT2D eigenvalue weighted by atomic mass is 10.0. The number of amides is 1. The van der Waals surface area contributed by atoms with E-state index < -0.39 is 0 Å². The van der Waals surface area contributed by atoms with Gasteiger partial charge in [0.2, 0.25) is 0 Å². The Morgan fingerprint density at radius 2 is 1.90 bits per heavy atom. The topological polar surface area (TPSA) is 67.5 Å². The zero-order valence-electron chi connectivity index (χ0n) is 16.6. The number of aryl methyl sites for hydroxylation is 1. The highest BCUT2D eigenvalue weighted by Gasteiger charge is 2.21. The minimum Gasteiger partial charge on any atom is -0.497 e. The minimum absolute atomic E-state index is 0.0149. The van der Waals surface area contributed by atoms with Crippen LogP contribution in [0.25, 0.3) is 22.2 Å². The molecule has 148 valence electrons. The van der Waals surface area contributed by atoms with Crippen LogP contribution < -0.4 is 4.74 Å². The van der Waals surface area contributed by atoms with Crippen LogP contribution in [0.4, 0.5) is 0 Å². The predicted octanol–water partition coefficient (Wildman–Crippen LogP) is 3.68. The minimum atomic E-state index is 0.0149. The van der Waals surface area contributed by atoms with Crippen molar-refractivity contribution in [2.24, 2.45) is 0 Å². The summed E-state index contributed by atoms with van der Waals surface area (Å²) < 4.78 is 12.8. The average Bonchev–Trinajstić information content (AvgIpc) is 3.11. The van der Waals surface area contributed by atoms with Crippen molar-refractivity contribution in [1.82, 2.24) is 9.47 Å². The first kappa shape index (κ1) is 19.0. The van der Waals surface area contributed by atoms with Crippen LogP contribution in [0.2, 0.25) is 0 Å². The van der Waals surface area contributed by atoms with Crippen molar-refractivity contribution in [3.63, 3.8) is 0 Å². The van der Waals surface area contributed by atoms with Gasteiger partial charge in [0.15, 0.2) is 0 Å². The van der Waals surface area contributed by atoms with Gasteiger partial charge in [0.25, 0.3) is 5.91 Å². The number of hydrogen-bond donors (Lipinski definition) is 0. The molecule has 3 aromatic rings. The molecule has 1 aromatic heterocycles. The Morgan fingerprint density at radius 1 is 1.17 bits per heavy atom. The van der Waals surface area contributed by atoms with E-state index in [0.29, 0.717) is 37.4 Å². The molecule has 4 rings (SSSR count). The number of ether oxygens (including phenoxy) is 2. The number of carbonyl (C=O) groups is 1. The molecule has 0 N–H and O–H groups in total. The van der Waals surface area contributed by atoms with Crippen LogP contribution in [0.3, 0.4) is 0 Å². The lowest BCUT2D eigenvalue weighted by Crippen LogP contribution is -2.40. The molecule has 2 heterocycles. The van der Waals surface area contributed by atoms with Crippen LogP contribution in [-0.2, 0) is 11.3 Å². The van der Waals surface area contributed by atoms with Crippen molar-refractivity contribution >= 4 is 16.8 Å². The molecule has 1 saturated heterocycles. The molecule has 29 heavy (non-hydrogen) atoms. The van der Waals surface area contributed by atoms with Crippen LogP contribution in [-0.4, -0.2) is 48.8 Å². The van der Waals surface area contributed by atoms with E-state index in [0.717, 1.165) is 34.5 Å². The van der Waals surface area contributed by atoms with Gasteiger partial charge in [-0.15, -0.1) is 0 Å². The molecule has 1 amide bonds. The molecule has 2 aromatic carbocycles. The highest BCUT2D eigenvalue weighted by atomic mass is 16.5. The van der Waals surface area contributed by atoms with E-state index in [2.05, 4.69) is 17.6 Å². The SMILES string of the molecule is CCn1c(-c2ccc(C(=O)N3CCOCC3)cc2)c(C#N)c2ccc(OC)cc21. The normalized spacial score (nSPS) is 14.0. The molecule has 6 heteroatoms. The maximum absolute atomic E-state index is 12.7. The monoisotopic (exact) mass is 389 g/mol. The summed E-state index contributed by atoms with van der Waals surface area (Å²) in [5.74, 6) is 0.772. The molecule has 0 atom stereocenters. The zero-order valence-corrected chi connectivity index (χ0v) is 16.6. The maximum atomic E-state index is 12.7. The van der Waals surface area contributed by atoms with Crippen LogP contribution in [0.1, 0.15) is 22.8 Å². The smallest absolute Gasteiger partial charge is 0.254 e. The number of aromatic nitrogens is 1. The summed E-state index contributed by atoms with van der Waals surface area (Å²) in [6.45, 7) is 5.16. The molecule has 0 saturated carbocycles. The number of nitriles is 1. The summed E-state index contributed by atoms with van der Waals surface area (Å²) in [5.41, 5.74) is 4.03. The van der Waals surface area contributed by atoms with Gasteiger partial charge in [-0.25, -0.2) is 0 Å². The zero-order chi connectivity index (χ0) is 20.4. The van der Waals surface area contributed by atoms with Gasteiger partial charge in [-0.1, -0.05) is 12.1 Å². The number of benzene rings is 2. The van der Waals surface area contributed by atoms with Gasteiger partial charge < -0.3 is 18.9 Å². The fraction of sp³-hybridized carbons (Fsp3) is 0.304. The third-order valence-corrected chi connectivity index (χ3v) is 5.40. The van der Waals surface area contributed by atoms with Gasteiger partial charge in [-0.3, -0.25) is 4.79 Å². The van der Waals surface area contributed by atoms with Gasteiger partial charge in [-0.2, -0.15) is 5.26 Å². The number of rotatable bonds is 4. The van der Waals surface area contributed by atoms with Crippen LogP contribution in [0.5, 0.6) is 5.75 Å². The maximum Gasteiger partial charge on any atom is 0.254 e. The fourth-order valence-corrected chi connectivity index (χ4v) is 3.92. The molecule has 0 aliphatic carbocycles. The number of hydrogen-bond acceptors (Lipinski definition) is 4. The van der Waals surface area contributed by atoms with Crippen molar-refractivity contribution in [3.8, 4) is 23.1 Å². The lowest BCUT2D eigenvalue weighted by Gasteiger charge is -2.26. The van der Waals surface area contributed by atoms with Gasteiger partial charge in [0.05, 0.1) is 37.1 Å². The van der Waals surface area contributed by atoms with Gasteiger partial charge >= 0.3 is 0 Å². The molecule has 0 radical (unpaired) electrons. The fourth-order valence-electron chi connectivity index (χ4n) is 3.92. The number of carbonyl (C=O) groups excluding carboxylic acids is 1. The van der Waals surface area contributed by atoms with Crippen molar-refractivity contribution < 1.29 is 14.3 Å². The Morgan fingerprint density at radius 3 is 2.52 bits per heavy atom. The highest BCUT2D eigenvalue weighted by molar-refractivity contribution is 5.97. The Hall–Kier alpha value is -3.30. The summed E-state index contributed by atoms with van der Waals surface area (Å²) >= 11 is 0. The van der Waals surface area contributed by atoms with E-state index in [1.807, 2.05) is 47.4 Å². The lowest BCUT2D eigenvalue weighted by molar-refractivity contribution is 0.0303. The first-order valence-corrected chi connectivity index (χ1v) is 9.75. The second-order valence-electron chi connectivity index (χ2n) is 6.94. The largest absolute Gasteiger partial charge is 0.497 e. The van der Waals surface area contributed by atoms with E-state index in [9.17, 15) is 10.1 Å². The number of fused-ring (bicyclic) bond motifs is 1. The summed E-state index contributed by atoms with van der Waals surface area (Å²) in [4.78, 5) is 14.5. The standard InChI is InChI=1S/C23H23N3O3/c1-3-26-21-14-18(28-2)8-9-19(21)20(15-24)22(26)16-4-6-17(7-5-16)23(27)25-10-12-29-13-11-25/h4-9,14H,3,10-13H2,1-2H3. The molecule has 0 unspecified atom stereocenters. The van der Waals surface area contributed by atoms with E-state index in [1.165, 1.54) is 0 Å². The summed E-state index contributed by atoms with van der Waals surface area (Å²) in [6, 6.07) is 15.7. The summed E-state index contributed by atoms with van der Waals surface area (Å²) in [6.07, 6.45) is 0. The summed E-state index contributed by atoms with van der Waals surface area (Å²) in [5, 5.41) is 10.8. The molecule has 1 aliphatic rings. The van der Waals surface area contributed by atoms with E-state index in [4.69, 9.17) is 9.47 Å². The molecular weight excluding hydrogens is 366 g/mol. The van der Waals surface area contributed by atoms with E-state index in [1.54, 1.807) is 7.11 Å². The van der Waals surface area contributed by atoms with Crippen molar-refractivity contribution in [1.29, 1.82) is 5.26 Å². The first-order chi connectivity index (χ1) is 14.2.